The van der Waals surface area contributed by atoms with E-state index in [1.54, 1.807) is 12.1 Å². The average molecular weight is 205 g/mol. The Hall–Kier alpha value is -1.35. The molecule has 0 unspecified atom stereocenters. The molecule has 0 amide bonds. The molecule has 0 heterocycles. The van der Waals surface area contributed by atoms with E-state index in [0.717, 1.165) is 10.8 Å². The Kier molecular flexibility index (Phi) is 2.04. The average Bonchev–Trinajstić information content (AvgIpc) is 2.16. The van der Waals surface area contributed by atoms with Gasteiger partial charge in [-0.3, -0.25) is 0 Å². The molecule has 14 heavy (non-hydrogen) atoms. The molecule has 0 atom stereocenters. The molecule has 0 aliphatic heterocycles. The summed E-state index contributed by atoms with van der Waals surface area (Å²) in [5, 5.41) is 1.92. The van der Waals surface area contributed by atoms with E-state index in [9.17, 15) is 8.42 Å². The summed E-state index contributed by atoms with van der Waals surface area (Å²) in [6.07, 6.45) is 1.19. The fraction of sp³-hybridized carbons (Fsp3) is 0.0909. The fourth-order valence-corrected chi connectivity index (χ4v) is 1.93. The van der Waals surface area contributed by atoms with Crippen molar-refractivity contribution in [3.05, 3.63) is 42.5 Å². The van der Waals surface area contributed by atoms with Gasteiger partial charge in [0.25, 0.3) is 0 Å². The lowest BCUT2D eigenvalue weighted by Gasteiger charge is -2.00. The van der Waals surface area contributed by atoms with Crippen LogP contribution in [-0.4, -0.2) is 14.7 Å². The van der Waals surface area contributed by atoms with Gasteiger partial charge in [-0.2, -0.15) is 0 Å². The Morgan fingerprint density at radius 2 is 1.79 bits per heavy atom. The Morgan fingerprint density at radius 3 is 2.43 bits per heavy atom. The monoisotopic (exact) mass is 205 g/mol. The van der Waals surface area contributed by atoms with E-state index < -0.39 is 9.84 Å². The summed E-state index contributed by atoms with van der Waals surface area (Å²) >= 11 is 0. The van der Waals surface area contributed by atoms with Crippen LogP contribution in [0, 0.1) is 6.07 Å². The summed E-state index contributed by atoms with van der Waals surface area (Å²) in [4.78, 5) is 0.246. The zero-order valence-corrected chi connectivity index (χ0v) is 8.51. The topological polar surface area (TPSA) is 34.1 Å². The van der Waals surface area contributed by atoms with Gasteiger partial charge in [0.05, 0.1) is 4.90 Å². The van der Waals surface area contributed by atoms with Crippen LogP contribution in [0.5, 0.6) is 0 Å². The Morgan fingerprint density at radius 1 is 1.14 bits per heavy atom. The van der Waals surface area contributed by atoms with Crippen molar-refractivity contribution in [1.82, 2.24) is 0 Å². The van der Waals surface area contributed by atoms with Crippen LogP contribution >= 0.6 is 0 Å². The van der Waals surface area contributed by atoms with Crippen molar-refractivity contribution < 1.29 is 8.42 Å². The van der Waals surface area contributed by atoms with E-state index in [4.69, 9.17) is 0 Å². The second-order valence-electron chi connectivity index (χ2n) is 3.20. The Labute approximate surface area is 83.1 Å². The molecule has 0 aromatic heterocycles. The number of fused-ring (bicyclic) bond motifs is 1. The lowest BCUT2D eigenvalue weighted by atomic mass is 10.1. The lowest BCUT2D eigenvalue weighted by Crippen LogP contribution is -1.96. The van der Waals surface area contributed by atoms with Gasteiger partial charge < -0.3 is 0 Å². The molecule has 2 aromatic carbocycles. The summed E-state index contributed by atoms with van der Waals surface area (Å²) < 4.78 is 22.5. The molecule has 1 radical (unpaired) electrons. The van der Waals surface area contributed by atoms with E-state index in [1.165, 1.54) is 6.26 Å². The van der Waals surface area contributed by atoms with Gasteiger partial charge in [0, 0.05) is 12.3 Å². The van der Waals surface area contributed by atoms with Gasteiger partial charge in [-0.25, -0.2) is 8.42 Å². The lowest BCUT2D eigenvalue weighted by molar-refractivity contribution is 0.602. The predicted molar refractivity (Wildman–Crippen MR) is 55.9 cm³/mol. The first-order chi connectivity index (χ1) is 6.57. The van der Waals surface area contributed by atoms with Gasteiger partial charge in [-0.1, -0.05) is 24.3 Å². The van der Waals surface area contributed by atoms with Crippen molar-refractivity contribution in [1.29, 1.82) is 0 Å². The number of sulfone groups is 1. The standard InChI is InChI=1S/C11H9O2S/c1-14(12,13)11-7-6-9-4-2-3-5-10(9)8-11/h2-6,8H,1H3. The van der Waals surface area contributed by atoms with Gasteiger partial charge in [-0.05, 0) is 22.9 Å². The van der Waals surface area contributed by atoms with Crippen LogP contribution in [0.4, 0.5) is 0 Å². The van der Waals surface area contributed by atoms with E-state index in [-0.39, 0.29) is 4.90 Å². The van der Waals surface area contributed by atoms with Gasteiger partial charge >= 0.3 is 0 Å². The zero-order chi connectivity index (χ0) is 10.2. The largest absolute Gasteiger partial charge is 0.224 e. The molecule has 3 heteroatoms. The number of rotatable bonds is 1. The first kappa shape index (κ1) is 9.21. The maximum Gasteiger partial charge on any atom is 0.176 e. The highest BCUT2D eigenvalue weighted by Crippen LogP contribution is 2.17. The fourth-order valence-electron chi connectivity index (χ4n) is 1.32. The Bertz CT molecular complexity index is 571. The normalized spacial score (nSPS) is 11.8. The molecule has 0 aliphatic carbocycles. The highest BCUT2D eigenvalue weighted by Gasteiger charge is 2.06. The first-order valence-electron chi connectivity index (χ1n) is 4.18. The first-order valence-corrected chi connectivity index (χ1v) is 6.07. The minimum absolute atomic E-state index is 0.246. The maximum absolute atomic E-state index is 11.2. The quantitative estimate of drug-likeness (QED) is 0.714. The summed E-state index contributed by atoms with van der Waals surface area (Å²) in [6.45, 7) is 0. The van der Waals surface area contributed by atoms with Gasteiger partial charge in [0.1, 0.15) is 0 Å². The molecule has 0 aliphatic rings. The molecular weight excluding hydrogens is 196 g/mol. The molecule has 71 valence electrons. The minimum atomic E-state index is -3.15. The molecule has 2 rings (SSSR count). The molecule has 0 saturated heterocycles. The summed E-state index contributed by atoms with van der Waals surface area (Å²) in [7, 11) is -3.15. The highest BCUT2D eigenvalue weighted by molar-refractivity contribution is 7.90. The van der Waals surface area contributed by atoms with Crippen LogP contribution in [0.2, 0.25) is 0 Å². The van der Waals surface area contributed by atoms with Crippen molar-refractivity contribution in [2.24, 2.45) is 0 Å². The second-order valence-corrected chi connectivity index (χ2v) is 5.18. The predicted octanol–water partition coefficient (Wildman–Crippen LogP) is 2.04. The van der Waals surface area contributed by atoms with Crippen LogP contribution in [-0.2, 0) is 9.84 Å². The van der Waals surface area contributed by atoms with Gasteiger partial charge in [0.15, 0.2) is 9.84 Å². The zero-order valence-electron chi connectivity index (χ0n) is 7.69. The van der Waals surface area contributed by atoms with Crippen molar-refractivity contribution >= 4 is 20.6 Å². The molecule has 2 aromatic rings. The highest BCUT2D eigenvalue weighted by atomic mass is 32.2. The van der Waals surface area contributed by atoms with E-state index in [1.807, 2.05) is 24.3 Å². The summed E-state index contributed by atoms with van der Waals surface area (Å²) in [5.74, 6) is 0. The molecule has 0 fully saturated rings. The second kappa shape index (κ2) is 3.10. The van der Waals surface area contributed by atoms with Crippen LogP contribution in [0.1, 0.15) is 0 Å². The van der Waals surface area contributed by atoms with E-state index >= 15 is 0 Å². The summed E-state index contributed by atoms with van der Waals surface area (Å²) in [6, 6.07) is 13.7. The van der Waals surface area contributed by atoms with Crippen molar-refractivity contribution in [2.75, 3.05) is 6.26 Å². The molecular formula is C11H9O2S. The van der Waals surface area contributed by atoms with E-state index in [0.29, 0.717) is 0 Å². The van der Waals surface area contributed by atoms with Gasteiger partial charge in [0.2, 0.25) is 0 Å². The third-order valence-electron chi connectivity index (χ3n) is 2.05. The Balaban J connectivity index is 2.75. The van der Waals surface area contributed by atoms with Crippen LogP contribution < -0.4 is 0 Å². The van der Waals surface area contributed by atoms with Gasteiger partial charge in [-0.15, -0.1) is 0 Å². The number of hydrogen-bond acceptors (Lipinski definition) is 2. The minimum Gasteiger partial charge on any atom is -0.224 e. The van der Waals surface area contributed by atoms with Crippen LogP contribution in [0.15, 0.2) is 41.3 Å². The maximum atomic E-state index is 11.2. The van der Waals surface area contributed by atoms with Crippen molar-refractivity contribution in [3.8, 4) is 0 Å². The van der Waals surface area contributed by atoms with Crippen molar-refractivity contribution in [2.45, 2.75) is 4.90 Å². The number of benzene rings is 2. The van der Waals surface area contributed by atoms with Crippen LogP contribution in [0.25, 0.3) is 10.8 Å². The number of hydrogen-bond donors (Lipinski definition) is 0. The SMILES string of the molecule is CS(=O)(=O)c1[c]cc2ccccc2c1. The molecule has 0 N–H and O–H groups in total. The molecule has 0 spiro atoms. The molecule has 2 nitrogen and oxygen atoms in total. The van der Waals surface area contributed by atoms with E-state index in [2.05, 4.69) is 6.07 Å². The molecule has 0 bridgehead atoms. The summed E-state index contributed by atoms with van der Waals surface area (Å²) in [5.41, 5.74) is 0. The molecule has 0 saturated carbocycles. The van der Waals surface area contributed by atoms with Crippen LogP contribution in [0.3, 0.4) is 0 Å². The third-order valence-corrected chi connectivity index (χ3v) is 3.09. The third kappa shape index (κ3) is 1.63. The van der Waals surface area contributed by atoms with Crippen molar-refractivity contribution in [3.63, 3.8) is 0 Å². The smallest absolute Gasteiger partial charge is 0.176 e.